The van der Waals surface area contributed by atoms with Gasteiger partial charge in [-0.2, -0.15) is 0 Å². The maximum absolute atomic E-state index is 12.8. The summed E-state index contributed by atoms with van der Waals surface area (Å²) in [6, 6.07) is 1.64. The fourth-order valence-corrected chi connectivity index (χ4v) is 1.44. The molecular weight excluding hydrogens is 233 g/mol. The molecule has 0 bridgehead atoms. The SMILES string of the molecule is CCC(C)NC(=O)CCNCc1cncc(F)c1. The van der Waals surface area contributed by atoms with Gasteiger partial charge in [0.05, 0.1) is 6.20 Å². The summed E-state index contributed by atoms with van der Waals surface area (Å²) in [6.45, 7) is 5.09. The minimum Gasteiger partial charge on any atom is -0.354 e. The van der Waals surface area contributed by atoms with Gasteiger partial charge in [-0.05, 0) is 25.0 Å². The molecule has 1 rings (SSSR count). The van der Waals surface area contributed by atoms with Crippen molar-refractivity contribution in [2.45, 2.75) is 39.3 Å². The zero-order valence-corrected chi connectivity index (χ0v) is 10.9. The molecule has 0 saturated carbocycles. The Balaban J connectivity index is 2.17. The first kappa shape index (κ1) is 14.6. The number of nitrogens with zero attached hydrogens (tertiary/aromatic N) is 1. The molecule has 0 radical (unpaired) electrons. The third-order valence-corrected chi connectivity index (χ3v) is 2.64. The lowest BCUT2D eigenvalue weighted by Crippen LogP contribution is -2.33. The number of nitrogens with one attached hydrogen (secondary N) is 2. The average Bonchev–Trinajstić information content (AvgIpc) is 2.34. The normalized spacial score (nSPS) is 12.2. The van der Waals surface area contributed by atoms with Crippen LogP contribution in [0.5, 0.6) is 0 Å². The van der Waals surface area contributed by atoms with Crippen LogP contribution in [0.1, 0.15) is 32.3 Å². The molecule has 1 aromatic heterocycles. The minimum atomic E-state index is -0.344. The summed E-state index contributed by atoms with van der Waals surface area (Å²) in [6.07, 6.45) is 4.12. The number of carbonyl (C=O) groups is 1. The third kappa shape index (κ3) is 5.72. The first-order chi connectivity index (χ1) is 8.61. The van der Waals surface area contributed by atoms with Gasteiger partial charge in [-0.15, -0.1) is 0 Å². The van der Waals surface area contributed by atoms with Gasteiger partial charge in [-0.3, -0.25) is 9.78 Å². The van der Waals surface area contributed by atoms with Gasteiger partial charge in [0.25, 0.3) is 0 Å². The number of hydrogen-bond acceptors (Lipinski definition) is 3. The Kier molecular flexibility index (Phi) is 6.28. The second-order valence-corrected chi connectivity index (χ2v) is 4.31. The summed E-state index contributed by atoms with van der Waals surface area (Å²) in [4.78, 5) is 15.2. The molecule has 1 heterocycles. The monoisotopic (exact) mass is 253 g/mol. The van der Waals surface area contributed by atoms with E-state index in [2.05, 4.69) is 15.6 Å². The second-order valence-electron chi connectivity index (χ2n) is 4.31. The standard InChI is InChI=1S/C13H20FN3O/c1-3-10(2)17-13(18)4-5-15-7-11-6-12(14)9-16-8-11/h6,8-10,15H,3-5,7H2,1-2H3,(H,17,18). The Morgan fingerprint density at radius 3 is 2.94 bits per heavy atom. The average molecular weight is 253 g/mol. The Bertz CT molecular complexity index is 384. The number of amides is 1. The van der Waals surface area contributed by atoms with Crippen LogP contribution in [-0.4, -0.2) is 23.5 Å². The van der Waals surface area contributed by atoms with E-state index >= 15 is 0 Å². The van der Waals surface area contributed by atoms with Crippen molar-refractivity contribution in [3.63, 3.8) is 0 Å². The summed E-state index contributed by atoms with van der Waals surface area (Å²) in [7, 11) is 0. The van der Waals surface area contributed by atoms with Crippen LogP contribution >= 0.6 is 0 Å². The van der Waals surface area contributed by atoms with Crippen molar-refractivity contribution in [1.82, 2.24) is 15.6 Å². The molecule has 1 unspecified atom stereocenters. The lowest BCUT2D eigenvalue weighted by molar-refractivity contribution is -0.121. The van der Waals surface area contributed by atoms with E-state index in [1.165, 1.54) is 12.3 Å². The molecule has 1 aromatic rings. The summed E-state index contributed by atoms with van der Waals surface area (Å²) in [5.41, 5.74) is 0.775. The van der Waals surface area contributed by atoms with E-state index in [0.29, 0.717) is 19.5 Å². The lowest BCUT2D eigenvalue weighted by atomic mass is 10.2. The largest absolute Gasteiger partial charge is 0.354 e. The van der Waals surface area contributed by atoms with Gasteiger partial charge in [-0.1, -0.05) is 6.92 Å². The zero-order chi connectivity index (χ0) is 13.4. The van der Waals surface area contributed by atoms with E-state index in [1.54, 1.807) is 6.20 Å². The topological polar surface area (TPSA) is 54.0 Å². The predicted molar refractivity (Wildman–Crippen MR) is 68.4 cm³/mol. The number of aromatic nitrogens is 1. The second kappa shape index (κ2) is 7.76. The molecule has 18 heavy (non-hydrogen) atoms. The Hall–Kier alpha value is -1.49. The van der Waals surface area contributed by atoms with Crippen molar-refractivity contribution in [2.24, 2.45) is 0 Å². The molecule has 100 valence electrons. The quantitative estimate of drug-likeness (QED) is 0.726. The summed E-state index contributed by atoms with van der Waals surface area (Å²) >= 11 is 0. The van der Waals surface area contributed by atoms with Crippen LogP contribution in [0.15, 0.2) is 18.5 Å². The molecule has 1 amide bonds. The van der Waals surface area contributed by atoms with Crippen molar-refractivity contribution in [3.8, 4) is 0 Å². The van der Waals surface area contributed by atoms with Crippen molar-refractivity contribution in [2.75, 3.05) is 6.54 Å². The van der Waals surface area contributed by atoms with Crippen molar-refractivity contribution < 1.29 is 9.18 Å². The molecule has 4 nitrogen and oxygen atoms in total. The van der Waals surface area contributed by atoms with Crippen LogP contribution < -0.4 is 10.6 Å². The molecule has 0 spiro atoms. The maximum Gasteiger partial charge on any atom is 0.221 e. The first-order valence-corrected chi connectivity index (χ1v) is 6.21. The first-order valence-electron chi connectivity index (χ1n) is 6.21. The highest BCUT2D eigenvalue weighted by atomic mass is 19.1. The van der Waals surface area contributed by atoms with Crippen molar-refractivity contribution >= 4 is 5.91 Å². The smallest absolute Gasteiger partial charge is 0.221 e. The van der Waals surface area contributed by atoms with Gasteiger partial charge in [0.15, 0.2) is 0 Å². The number of carbonyl (C=O) groups excluding carboxylic acids is 1. The number of rotatable bonds is 7. The number of hydrogen-bond donors (Lipinski definition) is 2. The highest BCUT2D eigenvalue weighted by molar-refractivity contribution is 5.76. The van der Waals surface area contributed by atoms with E-state index < -0.39 is 0 Å². The van der Waals surface area contributed by atoms with Crippen LogP contribution in [0.2, 0.25) is 0 Å². The predicted octanol–water partition coefficient (Wildman–Crippen LogP) is 1.62. The van der Waals surface area contributed by atoms with Gasteiger partial charge < -0.3 is 10.6 Å². The van der Waals surface area contributed by atoms with E-state index in [1.807, 2.05) is 13.8 Å². The van der Waals surface area contributed by atoms with Crippen LogP contribution in [0.4, 0.5) is 4.39 Å². The van der Waals surface area contributed by atoms with Crippen LogP contribution in [0.3, 0.4) is 0 Å². The molecule has 0 aliphatic carbocycles. The zero-order valence-electron chi connectivity index (χ0n) is 10.9. The van der Waals surface area contributed by atoms with Crippen LogP contribution in [-0.2, 0) is 11.3 Å². The third-order valence-electron chi connectivity index (χ3n) is 2.64. The molecular formula is C13H20FN3O. The molecule has 0 saturated heterocycles. The summed E-state index contributed by atoms with van der Waals surface area (Å²) in [5, 5.41) is 5.97. The summed E-state index contributed by atoms with van der Waals surface area (Å²) in [5.74, 6) is -0.307. The molecule has 1 atom stereocenters. The molecule has 0 aromatic carbocycles. The Labute approximate surface area is 107 Å². The van der Waals surface area contributed by atoms with E-state index in [4.69, 9.17) is 0 Å². The Morgan fingerprint density at radius 1 is 1.50 bits per heavy atom. The Morgan fingerprint density at radius 2 is 2.28 bits per heavy atom. The molecule has 0 aliphatic heterocycles. The van der Waals surface area contributed by atoms with Crippen molar-refractivity contribution in [3.05, 3.63) is 29.8 Å². The highest BCUT2D eigenvalue weighted by Crippen LogP contribution is 1.99. The highest BCUT2D eigenvalue weighted by Gasteiger charge is 2.04. The maximum atomic E-state index is 12.8. The fourth-order valence-electron chi connectivity index (χ4n) is 1.44. The fraction of sp³-hybridized carbons (Fsp3) is 0.538. The van der Waals surface area contributed by atoms with Gasteiger partial charge in [0.2, 0.25) is 5.91 Å². The van der Waals surface area contributed by atoms with Crippen molar-refractivity contribution in [1.29, 1.82) is 0 Å². The van der Waals surface area contributed by atoms with Crippen LogP contribution in [0, 0.1) is 5.82 Å². The van der Waals surface area contributed by atoms with Crippen LogP contribution in [0.25, 0.3) is 0 Å². The number of halogens is 1. The van der Waals surface area contributed by atoms with E-state index in [9.17, 15) is 9.18 Å². The number of pyridine rings is 1. The molecule has 0 aliphatic rings. The van der Waals surface area contributed by atoms with E-state index in [0.717, 1.165) is 12.0 Å². The lowest BCUT2D eigenvalue weighted by Gasteiger charge is -2.11. The van der Waals surface area contributed by atoms with Gasteiger partial charge in [0, 0.05) is 31.7 Å². The van der Waals surface area contributed by atoms with Gasteiger partial charge in [-0.25, -0.2) is 4.39 Å². The van der Waals surface area contributed by atoms with E-state index in [-0.39, 0.29) is 17.8 Å². The van der Waals surface area contributed by atoms with Gasteiger partial charge in [0.1, 0.15) is 5.82 Å². The van der Waals surface area contributed by atoms with Gasteiger partial charge >= 0.3 is 0 Å². The summed E-state index contributed by atoms with van der Waals surface area (Å²) < 4.78 is 12.8. The molecule has 2 N–H and O–H groups in total. The minimum absolute atomic E-state index is 0.0363. The molecule has 0 fully saturated rings. The molecule has 5 heteroatoms.